The second kappa shape index (κ2) is 6.68. The van der Waals surface area contributed by atoms with E-state index >= 15 is 0 Å². The molecule has 7 nitrogen and oxygen atoms in total. The predicted octanol–water partition coefficient (Wildman–Crippen LogP) is 1.47. The zero-order valence-electron chi connectivity index (χ0n) is 14.1. The van der Waals surface area contributed by atoms with Gasteiger partial charge in [-0.05, 0) is 30.7 Å². The molecule has 7 heteroatoms. The number of hydrogen-bond acceptors (Lipinski definition) is 6. The summed E-state index contributed by atoms with van der Waals surface area (Å²) in [5.41, 5.74) is 1.66. The molecule has 2 aromatic rings. The van der Waals surface area contributed by atoms with E-state index in [0.717, 1.165) is 31.1 Å². The summed E-state index contributed by atoms with van der Waals surface area (Å²) < 4.78 is 10.8. The minimum Gasteiger partial charge on any atom is -0.454 e. The van der Waals surface area contributed by atoms with Crippen molar-refractivity contribution in [2.75, 3.05) is 33.0 Å². The highest BCUT2D eigenvalue weighted by atomic mass is 16.7. The molecule has 0 bridgehead atoms. The zero-order chi connectivity index (χ0) is 17.2. The van der Waals surface area contributed by atoms with E-state index in [-0.39, 0.29) is 5.91 Å². The fraction of sp³-hybridized carbons (Fsp3) is 0.389. The Labute approximate surface area is 146 Å². The molecule has 0 radical (unpaired) electrons. The first-order chi connectivity index (χ1) is 12.2. The summed E-state index contributed by atoms with van der Waals surface area (Å²) >= 11 is 0. The Kier molecular flexibility index (Phi) is 4.23. The molecular formula is C18H20N4O3. The maximum absolute atomic E-state index is 12.5. The van der Waals surface area contributed by atoms with E-state index < -0.39 is 0 Å². The van der Waals surface area contributed by atoms with Gasteiger partial charge < -0.3 is 14.4 Å². The number of fused-ring (bicyclic) bond motifs is 1. The Morgan fingerprint density at radius 2 is 1.92 bits per heavy atom. The van der Waals surface area contributed by atoms with E-state index in [1.165, 1.54) is 5.56 Å². The zero-order valence-corrected chi connectivity index (χ0v) is 14.1. The summed E-state index contributed by atoms with van der Waals surface area (Å²) in [7, 11) is 0. The van der Waals surface area contributed by atoms with Crippen molar-refractivity contribution in [3.8, 4) is 11.5 Å². The van der Waals surface area contributed by atoms with Crippen LogP contribution in [-0.2, 0) is 6.54 Å². The molecule has 0 saturated carbocycles. The largest absolute Gasteiger partial charge is 0.454 e. The molecule has 1 aromatic heterocycles. The lowest BCUT2D eigenvalue weighted by Crippen LogP contribution is -2.48. The lowest BCUT2D eigenvalue weighted by molar-refractivity contribution is 0.0622. The number of rotatable bonds is 3. The van der Waals surface area contributed by atoms with Crippen LogP contribution in [-0.4, -0.2) is 58.6 Å². The van der Waals surface area contributed by atoms with Gasteiger partial charge in [-0.2, -0.15) is 0 Å². The molecule has 1 aromatic carbocycles. The topological polar surface area (TPSA) is 67.8 Å². The van der Waals surface area contributed by atoms with Crippen LogP contribution in [0.5, 0.6) is 11.5 Å². The molecule has 0 atom stereocenters. The van der Waals surface area contributed by atoms with Gasteiger partial charge in [0.2, 0.25) is 6.79 Å². The molecule has 0 N–H and O–H groups in total. The van der Waals surface area contributed by atoms with Crippen LogP contribution in [0.1, 0.15) is 21.9 Å². The van der Waals surface area contributed by atoms with E-state index in [1.807, 2.05) is 17.0 Å². The standard InChI is InChI=1S/C18H20N4O3/c1-13-19-5-4-15(20-13)18(23)22-8-6-21(7-9-22)11-14-2-3-16-17(10-14)25-12-24-16/h2-5,10H,6-9,11-12H2,1H3. The molecule has 1 fully saturated rings. The van der Waals surface area contributed by atoms with Crippen LogP contribution < -0.4 is 9.47 Å². The summed E-state index contributed by atoms with van der Waals surface area (Å²) in [6.45, 7) is 6.00. The number of ether oxygens (including phenoxy) is 2. The second-order valence-corrected chi connectivity index (χ2v) is 6.25. The van der Waals surface area contributed by atoms with E-state index in [2.05, 4.69) is 20.9 Å². The highest BCUT2D eigenvalue weighted by molar-refractivity contribution is 5.92. The summed E-state index contributed by atoms with van der Waals surface area (Å²) in [4.78, 5) is 25.0. The molecule has 2 aliphatic rings. The molecule has 0 unspecified atom stereocenters. The number of carbonyl (C=O) groups excluding carboxylic acids is 1. The molecule has 25 heavy (non-hydrogen) atoms. The Hall–Kier alpha value is -2.67. The molecule has 130 valence electrons. The molecule has 0 aliphatic carbocycles. The molecular weight excluding hydrogens is 320 g/mol. The maximum Gasteiger partial charge on any atom is 0.272 e. The van der Waals surface area contributed by atoms with Gasteiger partial charge in [-0.15, -0.1) is 0 Å². The summed E-state index contributed by atoms with van der Waals surface area (Å²) in [6, 6.07) is 7.72. The lowest BCUT2D eigenvalue weighted by atomic mass is 10.1. The quantitative estimate of drug-likeness (QED) is 0.843. The molecule has 0 spiro atoms. The summed E-state index contributed by atoms with van der Waals surface area (Å²) in [5.74, 6) is 2.21. The van der Waals surface area contributed by atoms with Gasteiger partial charge in [0, 0.05) is 38.9 Å². The van der Waals surface area contributed by atoms with Gasteiger partial charge in [0.15, 0.2) is 11.5 Å². The third-order valence-corrected chi connectivity index (χ3v) is 4.50. The second-order valence-electron chi connectivity index (χ2n) is 6.25. The monoisotopic (exact) mass is 340 g/mol. The normalized spacial score (nSPS) is 16.9. The number of carbonyl (C=O) groups is 1. The van der Waals surface area contributed by atoms with Crippen molar-refractivity contribution >= 4 is 5.91 Å². The molecule has 1 amide bonds. The number of hydrogen-bond donors (Lipinski definition) is 0. The number of benzene rings is 1. The highest BCUT2D eigenvalue weighted by Crippen LogP contribution is 2.32. The van der Waals surface area contributed by atoms with Crippen LogP contribution in [0, 0.1) is 6.92 Å². The number of nitrogens with zero attached hydrogens (tertiary/aromatic N) is 4. The highest BCUT2D eigenvalue weighted by Gasteiger charge is 2.23. The van der Waals surface area contributed by atoms with Crippen molar-refractivity contribution in [3.63, 3.8) is 0 Å². The number of piperazine rings is 1. The minimum absolute atomic E-state index is 0.0202. The van der Waals surface area contributed by atoms with Crippen LogP contribution in [0.2, 0.25) is 0 Å². The average molecular weight is 340 g/mol. The van der Waals surface area contributed by atoms with E-state index in [1.54, 1.807) is 19.2 Å². The van der Waals surface area contributed by atoms with E-state index in [9.17, 15) is 4.79 Å². The van der Waals surface area contributed by atoms with Gasteiger partial charge in [-0.1, -0.05) is 6.07 Å². The van der Waals surface area contributed by atoms with Crippen LogP contribution >= 0.6 is 0 Å². The number of aryl methyl sites for hydroxylation is 1. The number of amides is 1. The molecule has 2 aliphatic heterocycles. The first-order valence-electron chi connectivity index (χ1n) is 8.39. The van der Waals surface area contributed by atoms with E-state index in [4.69, 9.17) is 9.47 Å². The fourth-order valence-electron chi connectivity index (χ4n) is 3.14. The van der Waals surface area contributed by atoms with Crippen molar-refractivity contribution in [2.45, 2.75) is 13.5 Å². The van der Waals surface area contributed by atoms with Gasteiger partial charge in [-0.3, -0.25) is 9.69 Å². The molecule has 4 rings (SSSR count). The summed E-state index contributed by atoms with van der Waals surface area (Å²) in [5, 5.41) is 0. The average Bonchev–Trinajstić information content (AvgIpc) is 3.09. The molecule has 1 saturated heterocycles. The first kappa shape index (κ1) is 15.8. The van der Waals surface area contributed by atoms with Crippen molar-refractivity contribution in [1.82, 2.24) is 19.8 Å². The maximum atomic E-state index is 12.5. The van der Waals surface area contributed by atoms with Crippen LogP contribution in [0.3, 0.4) is 0 Å². The van der Waals surface area contributed by atoms with Gasteiger partial charge in [-0.25, -0.2) is 9.97 Å². The Bertz CT molecular complexity index is 788. The van der Waals surface area contributed by atoms with Gasteiger partial charge in [0.25, 0.3) is 5.91 Å². The lowest BCUT2D eigenvalue weighted by Gasteiger charge is -2.34. The third-order valence-electron chi connectivity index (χ3n) is 4.50. The van der Waals surface area contributed by atoms with Crippen molar-refractivity contribution in [3.05, 3.63) is 47.5 Å². The van der Waals surface area contributed by atoms with Crippen LogP contribution in [0.25, 0.3) is 0 Å². The smallest absolute Gasteiger partial charge is 0.272 e. The predicted molar refractivity (Wildman–Crippen MR) is 90.5 cm³/mol. The van der Waals surface area contributed by atoms with E-state index in [0.29, 0.717) is 31.4 Å². The van der Waals surface area contributed by atoms with Crippen molar-refractivity contribution < 1.29 is 14.3 Å². The Morgan fingerprint density at radius 1 is 1.12 bits per heavy atom. The first-order valence-corrected chi connectivity index (χ1v) is 8.39. The summed E-state index contributed by atoms with van der Waals surface area (Å²) in [6.07, 6.45) is 1.63. The van der Waals surface area contributed by atoms with Crippen molar-refractivity contribution in [2.24, 2.45) is 0 Å². The fourth-order valence-corrected chi connectivity index (χ4v) is 3.14. The van der Waals surface area contributed by atoms with Crippen LogP contribution in [0.15, 0.2) is 30.5 Å². The number of aromatic nitrogens is 2. The van der Waals surface area contributed by atoms with Crippen molar-refractivity contribution in [1.29, 1.82) is 0 Å². The Balaban J connectivity index is 1.34. The third kappa shape index (κ3) is 3.41. The van der Waals surface area contributed by atoms with Gasteiger partial charge >= 0.3 is 0 Å². The molecule has 3 heterocycles. The van der Waals surface area contributed by atoms with Gasteiger partial charge in [0.1, 0.15) is 11.5 Å². The van der Waals surface area contributed by atoms with Crippen LogP contribution in [0.4, 0.5) is 0 Å². The van der Waals surface area contributed by atoms with Gasteiger partial charge in [0.05, 0.1) is 0 Å². The minimum atomic E-state index is -0.0202. The SMILES string of the molecule is Cc1nccc(C(=O)N2CCN(Cc3ccc4c(c3)OCO4)CC2)n1. The Morgan fingerprint density at radius 3 is 2.72 bits per heavy atom.